The van der Waals surface area contributed by atoms with Crippen molar-refractivity contribution in [2.45, 2.75) is 11.3 Å². The highest BCUT2D eigenvalue weighted by Gasteiger charge is 2.17. The van der Waals surface area contributed by atoms with Crippen molar-refractivity contribution in [3.8, 4) is 16.3 Å². The molecule has 0 bridgehead atoms. The van der Waals surface area contributed by atoms with Gasteiger partial charge in [0.1, 0.15) is 10.8 Å². The molecule has 0 spiro atoms. The number of anilines is 2. The van der Waals surface area contributed by atoms with E-state index in [1.807, 2.05) is 35.7 Å². The number of sulfonamides is 1. The Balaban J connectivity index is 1.44. The predicted molar refractivity (Wildman–Crippen MR) is 130 cm³/mol. The zero-order valence-corrected chi connectivity index (χ0v) is 19.3. The molecule has 0 aliphatic heterocycles. The number of para-hydroxylation sites is 2. The number of hydrogen-bond acceptors (Lipinski definition) is 6. The molecule has 0 saturated carbocycles. The largest absolute Gasteiger partial charge is 0.495 e. The first-order valence-electron chi connectivity index (χ1n) is 10.0. The lowest BCUT2D eigenvalue weighted by Gasteiger charge is -2.12. The number of carbonyl (C=O) groups excluding carboxylic acids is 1. The van der Waals surface area contributed by atoms with E-state index >= 15 is 0 Å². The van der Waals surface area contributed by atoms with Crippen LogP contribution in [0.25, 0.3) is 10.6 Å². The Morgan fingerprint density at radius 3 is 2.55 bits per heavy atom. The molecule has 7 nitrogen and oxygen atoms in total. The smallest absolute Gasteiger partial charge is 0.262 e. The van der Waals surface area contributed by atoms with Crippen LogP contribution in [0.15, 0.2) is 89.1 Å². The predicted octanol–water partition coefficient (Wildman–Crippen LogP) is 4.80. The van der Waals surface area contributed by atoms with Crippen LogP contribution in [0.4, 0.5) is 11.4 Å². The van der Waals surface area contributed by atoms with Crippen LogP contribution in [0.2, 0.25) is 0 Å². The van der Waals surface area contributed by atoms with Gasteiger partial charge in [0.05, 0.1) is 29.8 Å². The van der Waals surface area contributed by atoms with E-state index in [1.165, 1.54) is 30.6 Å². The van der Waals surface area contributed by atoms with Gasteiger partial charge in [-0.15, -0.1) is 11.3 Å². The van der Waals surface area contributed by atoms with E-state index in [0.29, 0.717) is 22.8 Å². The summed E-state index contributed by atoms with van der Waals surface area (Å²) in [4.78, 5) is 17.1. The number of methoxy groups -OCH3 is 1. The third-order valence-electron chi connectivity index (χ3n) is 4.69. The number of nitrogens with one attached hydrogen (secondary N) is 2. The lowest BCUT2D eigenvalue weighted by atomic mass is 10.2. The second kappa shape index (κ2) is 9.85. The van der Waals surface area contributed by atoms with Crippen LogP contribution in [0.5, 0.6) is 5.75 Å². The summed E-state index contributed by atoms with van der Waals surface area (Å²) < 4.78 is 33.4. The van der Waals surface area contributed by atoms with Crippen LogP contribution >= 0.6 is 11.3 Å². The summed E-state index contributed by atoms with van der Waals surface area (Å²) in [7, 11) is -2.42. The average molecular weight is 480 g/mol. The van der Waals surface area contributed by atoms with Crippen molar-refractivity contribution in [3.63, 3.8) is 0 Å². The molecule has 0 atom stereocenters. The molecular formula is C24H21N3O4S2. The molecule has 0 aliphatic carbocycles. The molecule has 4 rings (SSSR count). The van der Waals surface area contributed by atoms with Crippen LogP contribution in [0.3, 0.4) is 0 Å². The fourth-order valence-corrected chi connectivity index (χ4v) is 5.09. The number of benzene rings is 3. The fourth-order valence-electron chi connectivity index (χ4n) is 3.14. The summed E-state index contributed by atoms with van der Waals surface area (Å²) in [6.07, 6.45) is 0.0831. The van der Waals surface area contributed by atoms with Crippen LogP contribution in [-0.2, 0) is 21.2 Å². The maximum atomic E-state index is 12.8. The number of nitrogens with zero attached hydrogens (tertiary/aromatic N) is 1. The monoisotopic (exact) mass is 479 g/mol. The Morgan fingerprint density at radius 2 is 1.76 bits per heavy atom. The first-order chi connectivity index (χ1) is 15.9. The second-order valence-corrected chi connectivity index (χ2v) is 9.61. The van der Waals surface area contributed by atoms with Gasteiger partial charge in [-0.3, -0.25) is 9.52 Å². The van der Waals surface area contributed by atoms with Gasteiger partial charge in [-0.1, -0.05) is 48.5 Å². The van der Waals surface area contributed by atoms with Crippen molar-refractivity contribution in [1.82, 2.24) is 4.98 Å². The highest BCUT2D eigenvalue weighted by molar-refractivity contribution is 7.92. The van der Waals surface area contributed by atoms with Gasteiger partial charge in [-0.25, -0.2) is 13.4 Å². The number of hydrogen-bond donors (Lipinski definition) is 2. The van der Waals surface area contributed by atoms with Crippen molar-refractivity contribution in [1.29, 1.82) is 0 Å². The van der Waals surface area contributed by atoms with E-state index < -0.39 is 10.0 Å². The van der Waals surface area contributed by atoms with Crippen LogP contribution in [0, 0.1) is 0 Å². The van der Waals surface area contributed by atoms with E-state index in [-0.39, 0.29) is 17.2 Å². The van der Waals surface area contributed by atoms with E-state index in [2.05, 4.69) is 15.0 Å². The van der Waals surface area contributed by atoms with Crippen LogP contribution < -0.4 is 14.8 Å². The minimum absolute atomic E-state index is 0.0197. The molecule has 4 aromatic rings. The van der Waals surface area contributed by atoms with Crippen LogP contribution in [-0.4, -0.2) is 26.4 Å². The summed E-state index contributed by atoms with van der Waals surface area (Å²) in [5.41, 5.74) is 2.35. The summed E-state index contributed by atoms with van der Waals surface area (Å²) in [6.45, 7) is 0. The quantitative estimate of drug-likeness (QED) is 0.378. The Hall–Kier alpha value is -3.69. The molecule has 0 unspecified atom stereocenters. The van der Waals surface area contributed by atoms with Gasteiger partial charge in [0.15, 0.2) is 0 Å². The number of thiazole rings is 1. The number of ether oxygens (including phenoxy) is 1. The summed E-state index contributed by atoms with van der Waals surface area (Å²) in [6, 6.07) is 22.5. The summed E-state index contributed by atoms with van der Waals surface area (Å²) in [5, 5.41) is 5.44. The molecule has 0 fully saturated rings. The van der Waals surface area contributed by atoms with E-state index in [4.69, 9.17) is 4.74 Å². The van der Waals surface area contributed by atoms with E-state index in [0.717, 1.165) is 10.6 Å². The highest BCUT2D eigenvalue weighted by Crippen LogP contribution is 2.27. The number of aromatic nitrogens is 1. The van der Waals surface area contributed by atoms with Gasteiger partial charge < -0.3 is 10.1 Å². The lowest BCUT2D eigenvalue weighted by molar-refractivity contribution is -0.115. The lowest BCUT2D eigenvalue weighted by Crippen LogP contribution is -2.16. The molecule has 0 aliphatic rings. The topological polar surface area (TPSA) is 97.4 Å². The van der Waals surface area contributed by atoms with Crippen LogP contribution in [0.1, 0.15) is 5.69 Å². The molecule has 168 valence electrons. The first kappa shape index (κ1) is 22.5. The molecule has 1 aromatic heterocycles. The Bertz CT molecular complexity index is 1370. The van der Waals surface area contributed by atoms with Gasteiger partial charge >= 0.3 is 0 Å². The SMILES string of the molecule is COc1ccccc1NS(=O)(=O)c1cccc(NC(=O)Cc2csc(-c3ccccc3)n2)c1. The molecule has 9 heteroatoms. The molecule has 3 aromatic carbocycles. The molecule has 33 heavy (non-hydrogen) atoms. The first-order valence-corrected chi connectivity index (χ1v) is 12.4. The van der Waals surface area contributed by atoms with Crippen molar-refractivity contribution >= 4 is 38.6 Å². The van der Waals surface area contributed by atoms with Gasteiger partial charge in [0.2, 0.25) is 5.91 Å². The molecule has 0 radical (unpaired) electrons. The number of carbonyl (C=O) groups is 1. The minimum atomic E-state index is -3.88. The molecule has 0 saturated heterocycles. The minimum Gasteiger partial charge on any atom is -0.495 e. The normalized spacial score (nSPS) is 11.1. The van der Waals surface area contributed by atoms with Crippen molar-refractivity contribution in [2.24, 2.45) is 0 Å². The number of rotatable bonds is 8. The van der Waals surface area contributed by atoms with Crippen molar-refractivity contribution in [3.05, 3.63) is 89.9 Å². The third-order valence-corrected chi connectivity index (χ3v) is 7.00. The van der Waals surface area contributed by atoms with Crippen molar-refractivity contribution < 1.29 is 17.9 Å². The Morgan fingerprint density at radius 1 is 1.00 bits per heavy atom. The summed E-state index contributed by atoms with van der Waals surface area (Å²) in [5.74, 6) is 0.121. The van der Waals surface area contributed by atoms with Gasteiger partial charge in [-0.05, 0) is 30.3 Å². The number of amides is 1. The second-order valence-electron chi connectivity index (χ2n) is 7.07. The Labute approximate surface area is 196 Å². The van der Waals surface area contributed by atoms with Crippen molar-refractivity contribution in [2.75, 3.05) is 17.1 Å². The zero-order chi connectivity index (χ0) is 23.3. The van der Waals surface area contributed by atoms with E-state index in [9.17, 15) is 13.2 Å². The molecule has 1 amide bonds. The zero-order valence-electron chi connectivity index (χ0n) is 17.7. The van der Waals surface area contributed by atoms with Gasteiger partial charge in [0, 0.05) is 16.6 Å². The molecular weight excluding hydrogens is 458 g/mol. The fraction of sp³-hybridized carbons (Fsp3) is 0.0833. The Kier molecular flexibility index (Phi) is 6.71. The highest BCUT2D eigenvalue weighted by atomic mass is 32.2. The molecule has 1 heterocycles. The summed E-state index contributed by atoms with van der Waals surface area (Å²) >= 11 is 1.47. The maximum absolute atomic E-state index is 12.8. The standard InChI is InChI=1S/C24H21N3O4S2/c1-31-22-13-6-5-12-21(22)27-33(29,30)20-11-7-10-18(14-20)25-23(28)15-19-16-32-24(26-19)17-8-3-2-4-9-17/h2-14,16,27H,15H2,1H3,(H,25,28). The average Bonchev–Trinajstić information content (AvgIpc) is 3.28. The maximum Gasteiger partial charge on any atom is 0.262 e. The van der Waals surface area contributed by atoms with Gasteiger partial charge in [-0.2, -0.15) is 0 Å². The van der Waals surface area contributed by atoms with E-state index in [1.54, 1.807) is 36.4 Å². The molecule has 2 N–H and O–H groups in total. The van der Waals surface area contributed by atoms with Gasteiger partial charge in [0.25, 0.3) is 10.0 Å². The third kappa shape index (κ3) is 5.57.